The molecule has 0 aliphatic carbocycles. The number of carbonyl (C=O) groups is 1. The van der Waals surface area contributed by atoms with Crippen molar-refractivity contribution in [2.24, 2.45) is 11.3 Å². The van der Waals surface area contributed by atoms with Crippen molar-refractivity contribution in [1.82, 2.24) is 0 Å². The first-order valence-corrected chi connectivity index (χ1v) is 6.25. The second-order valence-corrected chi connectivity index (χ2v) is 5.84. The maximum Gasteiger partial charge on any atom is 0.132 e. The molecule has 0 aliphatic heterocycles. The Kier molecular flexibility index (Phi) is 5.70. The molecule has 0 spiro atoms. The molecule has 1 atom stereocenters. The molecule has 0 fully saturated rings. The fourth-order valence-electron chi connectivity index (χ4n) is 1.45. The summed E-state index contributed by atoms with van der Waals surface area (Å²) in [6.45, 7) is 8.31. The first-order valence-electron chi connectivity index (χ1n) is 4.86. The zero-order valence-corrected chi connectivity index (χ0v) is 10.3. The van der Waals surface area contributed by atoms with Crippen LogP contribution >= 0.6 is 11.8 Å². The fraction of sp³-hybridized carbons (Fsp3) is 0.909. The number of hydrogen-bond donors (Lipinski definition) is 0. The monoisotopic (exact) mass is 202 g/mol. The molecular formula is C11H22OS. The summed E-state index contributed by atoms with van der Waals surface area (Å²) in [6.07, 6.45) is 4.14. The lowest BCUT2D eigenvalue weighted by molar-refractivity contribution is -0.121. The van der Waals surface area contributed by atoms with Crippen molar-refractivity contribution in [2.75, 3.05) is 12.0 Å². The van der Waals surface area contributed by atoms with Crippen LogP contribution in [0, 0.1) is 11.3 Å². The first-order chi connectivity index (χ1) is 5.87. The van der Waals surface area contributed by atoms with E-state index in [0.717, 1.165) is 18.6 Å². The molecule has 1 nitrogen and oxygen atoms in total. The number of hydrogen-bond acceptors (Lipinski definition) is 2. The second kappa shape index (κ2) is 5.69. The third kappa shape index (κ3) is 7.12. The van der Waals surface area contributed by atoms with Gasteiger partial charge >= 0.3 is 0 Å². The molecule has 0 bridgehead atoms. The van der Waals surface area contributed by atoms with Gasteiger partial charge in [0.2, 0.25) is 0 Å². The van der Waals surface area contributed by atoms with Crippen molar-refractivity contribution in [1.29, 1.82) is 0 Å². The van der Waals surface area contributed by atoms with Crippen LogP contribution in [0.2, 0.25) is 0 Å². The molecule has 78 valence electrons. The Morgan fingerprint density at radius 2 is 1.92 bits per heavy atom. The van der Waals surface area contributed by atoms with Gasteiger partial charge in [-0.2, -0.15) is 11.8 Å². The van der Waals surface area contributed by atoms with Crippen molar-refractivity contribution >= 4 is 17.5 Å². The van der Waals surface area contributed by atoms with Crippen LogP contribution in [0.15, 0.2) is 0 Å². The van der Waals surface area contributed by atoms with Gasteiger partial charge in [-0.25, -0.2) is 0 Å². The molecule has 0 aromatic rings. The van der Waals surface area contributed by atoms with Crippen LogP contribution in [0.3, 0.4) is 0 Å². The summed E-state index contributed by atoms with van der Waals surface area (Å²) in [5.41, 5.74) is 0.273. The van der Waals surface area contributed by atoms with Crippen LogP contribution in [-0.2, 0) is 4.79 Å². The lowest BCUT2D eigenvalue weighted by Gasteiger charge is -2.24. The van der Waals surface area contributed by atoms with Gasteiger partial charge in [0, 0.05) is 5.92 Å². The van der Waals surface area contributed by atoms with Crippen LogP contribution in [0.5, 0.6) is 0 Å². The Morgan fingerprint density at radius 1 is 1.38 bits per heavy atom. The number of rotatable bonds is 5. The summed E-state index contributed by atoms with van der Waals surface area (Å²) in [5.74, 6) is 1.72. The van der Waals surface area contributed by atoms with Crippen molar-refractivity contribution in [3.8, 4) is 0 Å². The lowest BCUT2D eigenvalue weighted by atomic mass is 9.82. The van der Waals surface area contributed by atoms with Gasteiger partial charge in [0.15, 0.2) is 0 Å². The highest BCUT2D eigenvalue weighted by Crippen LogP contribution is 2.27. The minimum atomic E-state index is 0.271. The Bertz CT molecular complexity index is 158. The molecule has 0 saturated carbocycles. The zero-order chi connectivity index (χ0) is 10.5. The van der Waals surface area contributed by atoms with Crippen molar-refractivity contribution in [3.63, 3.8) is 0 Å². The van der Waals surface area contributed by atoms with Gasteiger partial charge in [-0.3, -0.25) is 4.79 Å². The van der Waals surface area contributed by atoms with E-state index in [1.165, 1.54) is 0 Å². The summed E-state index contributed by atoms with van der Waals surface area (Å²) in [6, 6.07) is 0. The van der Waals surface area contributed by atoms with E-state index in [2.05, 4.69) is 27.0 Å². The Labute approximate surface area is 86.7 Å². The van der Waals surface area contributed by atoms with E-state index >= 15 is 0 Å². The molecule has 13 heavy (non-hydrogen) atoms. The Hall–Kier alpha value is 0.0200. The van der Waals surface area contributed by atoms with E-state index in [1.54, 1.807) is 6.92 Å². The lowest BCUT2D eigenvalue weighted by Crippen LogP contribution is -2.19. The Balaban J connectivity index is 4.03. The van der Waals surface area contributed by atoms with Crippen LogP contribution in [0.4, 0.5) is 0 Å². The number of ketones is 1. The molecule has 1 unspecified atom stereocenters. The first kappa shape index (κ1) is 13.0. The normalized spacial score (nSPS) is 14.2. The molecule has 0 heterocycles. The highest BCUT2D eigenvalue weighted by atomic mass is 32.2. The van der Waals surface area contributed by atoms with Crippen molar-refractivity contribution in [3.05, 3.63) is 0 Å². The third-order valence-corrected chi connectivity index (χ3v) is 2.75. The molecule has 0 saturated heterocycles. The highest BCUT2D eigenvalue weighted by molar-refractivity contribution is 7.98. The smallest absolute Gasteiger partial charge is 0.132 e. The van der Waals surface area contributed by atoms with Gasteiger partial charge in [0.1, 0.15) is 5.78 Å². The molecule has 0 aliphatic rings. The van der Waals surface area contributed by atoms with E-state index < -0.39 is 0 Å². The quantitative estimate of drug-likeness (QED) is 0.680. The van der Waals surface area contributed by atoms with Crippen LogP contribution < -0.4 is 0 Å². The van der Waals surface area contributed by atoms with E-state index in [0.29, 0.717) is 5.78 Å². The molecular weight excluding hydrogens is 180 g/mol. The van der Waals surface area contributed by atoms with Crippen LogP contribution in [-0.4, -0.2) is 17.8 Å². The summed E-state index contributed by atoms with van der Waals surface area (Å²) < 4.78 is 0. The average Bonchev–Trinajstić information content (AvgIpc) is 1.95. The molecule has 2 heteroatoms. The maximum atomic E-state index is 11.3. The maximum absolute atomic E-state index is 11.3. The predicted octanol–water partition coefficient (Wildman–Crippen LogP) is 3.38. The number of carbonyl (C=O) groups excluding carboxylic acids is 1. The number of thioether (sulfide) groups is 1. The third-order valence-electron chi connectivity index (χ3n) is 2.10. The highest BCUT2D eigenvalue weighted by Gasteiger charge is 2.21. The standard InChI is InChI=1S/C11H22OS/c1-9(12)10(6-7-13-5)8-11(2,3)4/h10H,6-8H2,1-5H3. The second-order valence-electron chi connectivity index (χ2n) is 4.85. The molecule has 0 radical (unpaired) electrons. The minimum absolute atomic E-state index is 0.271. The van der Waals surface area contributed by atoms with Gasteiger partial charge in [-0.05, 0) is 37.2 Å². The van der Waals surface area contributed by atoms with Gasteiger partial charge in [0.05, 0.1) is 0 Å². The fourth-order valence-corrected chi connectivity index (χ4v) is 1.97. The summed E-state index contributed by atoms with van der Waals surface area (Å²) in [5, 5.41) is 0. The number of Topliss-reactive ketones (excluding diaryl/α,β-unsaturated/α-hetero) is 1. The minimum Gasteiger partial charge on any atom is -0.300 e. The van der Waals surface area contributed by atoms with E-state index in [-0.39, 0.29) is 11.3 Å². The van der Waals surface area contributed by atoms with Crippen LogP contribution in [0.1, 0.15) is 40.5 Å². The molecule has 0 amide bonds. The van der Waals surface area contributed by atoms with Gasteiger partial charge in [0.25, 0.3) is 0 Å². The van der Waals surface area contributed by atoms with Gasteiger partial charge in [-0.1, -0.05) is 20.8 Å². The van der Waals surface area contributed by atoms with Crippen molar-refractivity contribution < 1.29 is 4.79 Å². The predicted molar refractivity (Wildman–Crippen MR) is 61.2 cm³/mol. The molecule has 0 aromatic carbocycles. The van der Waals surface area contributed by atoms with Crippen LogP contribution in [0.25, 0.3) is 0 Å². The average molecular weight is 202 g/mol. The molecule has 0 N–H and O–H groups in total. The molecule has 0 rings (SSSR count). The van der Waals surface area contributed by atoms with Gasteiger partial charge in [-0.15, -0.1) is 0 Å². The van der Waals surface area contributed by atoms with E-state index in [4.69, 9.17) is 0 Å². The summed E-state index contributed by atoms with van der Waals surface area (Å²) in [7, 11) is 0. The SMILES string of the molecule is CSCCC(CC(C)(C)C)C(C)=O. The van der Waals surface area contributed by atoms with E-state index in [9.17, 15) is 4.79 Å². The molecule has 0 aromatic heterocycles. The topological polar surface area (TPSA) is 17.1 Å². The van der Waals surface area contributed by atoms with Crippen molar-refractivity contribution in [2.45, 2.75) is 40.5 Å². The zero-order valence-electron chi connectivity index (χ0n) is 9.52. The van der Waals surface area contributed by atoms with Gasteiger partial charge < -0.3 is 0 Å². The summed E-state index contributed by atoms with van der Waals surface area (Å²) >= 11 is 1.82. The Morgan fingerprint density at radius 3 is 2.23 bits per heavy atom. The largest absolute Gasteiger partial charge is 0.300 e. The van der Waals surface area contributed by atoms with E-state index in [1.807, 2.05) is 11.8 Å². The summed E-state index contributed by atoms with van der Waals surface area (Å²) in [4.78, 5) is 11.3.